The van der Waals surface area contributed by atoms with E-state index >= 15 is 0 Å². The second-order valence-corrected chi connectivity index (χ2v) is 3.92. The Kier molecular flexibility index (Phi) is 4.05. The van der Waals surface area contributed by atoms with Gasteiger partial charge in [0.05, 0.1) is 6.20 Å². The van der Waals surface area contributed by atoms with Gasteiger partial charge in [-0.05, 0) is 12.0 Å². The molecule has 0 radical (unpaired) electrons. The van der Waals surface area contributed by atoms with Gasteiger partial charge in [0.2, 0.25) is 0 Å². The molecule has 3 N–H and O–H groups in total. The molecule has 1 heterocycles. The van der Waals surface area contributed by atoms with Crippen molar-refractivity contribution in [1.82, 2.24) is 9.97 Å². The number of benzene rings is 1. The van der Waals surface area contributed by atoms with Crippen LogP contribution in [0.15, 0.2) is 48.9 Å². The Labute approximate surface area is 101 Å². The lowest BCUT2D eigenvalue weighted by atomic mass is 10.1. The third kappa shape index (κ3) is 3.85. The van der Waals surface area contributed by atoms with Gasteiger partial charge in [-0.15, -0.1) is 0 Å². The first-order valence-corrected chi connectivity index (χ1v) is 5.64. The van der Waals surface area contributed by atoms with Gasteiger partial charge < -0.3 is 11.1 Å². The lowest BCUT2D eigenvalue weighted by molar-refractivity contribution is 0.697. The molecule has 2 rings (SSSR count). The van der Waals surface area contributed by atoms with Crippen molar-refractivity contribution >= 4 is 5.82 Å². The standard InChI is InChI=1S/C13H16N4/c14-12(8-11-4-2-1-3-5-11)9-17-13-10-15-6-7-16-13/h1-7,10,12H,8-9,14H2,(H,16,17). The van der Waals surface area contributed by atoms with Gasteiger partial charge in [-0.25, -0.2) is 4.98 Å². The first kappa shape index (κ1) is 11.5. The van der Waals surface area contributed by atoms with Gasteiger partial charge in [-0.2, -0.15) is 0 Å². The Morgan fingerprint density at radius 3 is 2.71 bits per heavy atom. The number of hydrogen-bond donors (Lipinski definition) is 2. The molecule has 0 aliphatic rings. The van der Waals surface area contributed by atoms with Gasteiger partial charge in [0.15, 0.2) is 0 Å². The monoisotopic (exact) mass is 228 g/mol. The van der Waals surface area contributed by atoms with Crippen molar-refractivity contribution in [2.45, 2.75) is 12.5 Å². The van der Waals surface area contributed by atoms with E-state index in [1.165, 1.54) is 5.56 Å². The number of hydrogen-bond acceptors (Lipinski definition) is 4. The van der Waals surface area contributed by atoms with Crippen LogP contribution in [0.5, 0.6) is 0 Å². The third-order valence-electron chi connectivity index (χ3n) is 2.45. The van der Waals surface area contributed by atoms with Crippen molar-refractivity contribution < 1.29 is 0 Å². The largest absolute Gasteiger partial charge is 0.367 e. The summed E-state index contributed by atoms with van der Waals surface area (Å²) in [6.45, 7) is 0.688. The number of nitrogens with one attached hydrogen (secondary N) is 1. The number of nitrogens with two attached hydrogens (primary N) is 1. The molecule has 0 fully saturated rings. The SMILES string of the molecule is NC(CNc1cnccn1)Cc1ccccc1. The molecule has 88 valence electrons. The maximum atomic E-state index is 6.04. The lowest BCUT2D eigenvalue weighted by Gasteiger charge is -2.12. The Morgan fingerprint density at radius 2 is 2.00 bits per heavy atom. The van der Waals surface area contributed by atoms with Crippen molar-refractivity contribution in [3.05, 3.63) is 54.5 Å². The number of anilines is 1. The zero-order chi connectivity index (χ0) is 11.9. The van der Waals surface area contributed by atoms with E-state index in [0.29, 0.717) is 6.54 Å². The normalized spacial score (nSPS) is 12.1. The fraction of sp³-hybridized carbons (Fsp3) is 0.231. The molecule has 0 saturated carbocycles. The van der Waals surface area contributed by atoms with E-state index in [0.717, 1.165) is 12.2 Å². The molecule has 17 heavy (non-hydrogen) atoms. The minimum Gasteiger partial charge on any atom is -0.367 e. The fourth-order valence-corrected chi connectivity index (χ4v) is 1.62. The predicted octanol–water partition coefficient (Wildman–Crippen LogP) is 1.46. The van der Waals surface area contributed by atoms with Crippen LogP contribution >= 0.6 is 0 Å². The van der Waals surface area contributed by atoms with E-state index in [2.05, 4.69) is 27.4 Å². The highest BCUT2D eigenvalue weighted by Crippen LogP contribution is 2.03. The quantitative estimate of drug-likeness (QED) is 0.813. The second-order valence-electron chi connectivity index (χ2n) is 3.92. The van der Waals surface area contributed by atoms with Crippen LogP contribution in [0, 0.1) is 0 Å². The Balaban J connectivity index is 1.80. The highest BCUT2D eigenvalue weighted by Gasteiger charge is 2.03. The van der Waals surface area contributed by atoms with Crippen molar-refractivity contribution in [2.24, 2.45) is 5.73 Å². The molecule has 0 saturated heterocycles. The Hall–Kier alpha value is -1.94. The van der Waals surface area contributed by atoms with Gasteiger partial charge in [-0.1, -0.05) is 30.3 Å². The Morgan fingerprint density at radius 1 is 1.18 bits per heavy atom. The summed E-state index contributed by atoms with van der Waals surface area (Å²) in [5, 5.41) is 3.17. The molecule has 4 heteroatoms. The third-order valence-corrected chi connectivity index (χ3v) is 2.45. The Bertz CT molecular complexity index is 430. The predicted molar refractivity (Wildman–Crippen MR) is 68.6 cm³/mol. The molecule has 1 unspecified atom stereocenters. The first-order chi connectivity index (χ1) is 8.34. The molecule has 0 amide bonds. The minimum absolute atomic E-state index is 0.0689. The van der Waals surface area contributed by atoms with E-state index in [-0.39, 0.29) is 6.04 Å². The molecule has 0 aliphatic heterocycles. The van der Waals surface area contributed by atoms with Crippen LogP contribution in [0.4, 0.5) is 5.82 Å². The van der Waals surface area contributed by atoms with E-state index in [1.807, 2.05) is 18.2 Å². The van der Waals surface area contributed by atoms with Gasteiger partial charge in [0, 0.05) is 25.0 Å². The lowest BCUT2D eigenvalue weighted by Crippen LogP contribution is -2.31. The zero-order valence-corrected chi connectivity index (χ0v) is 9.58. The molecule has 0 spiro atoms. The topological polar surface area (TPSA) is 63.8 Å². The summed E-state index contributed by atoms with van der Waals surface area (Å²) in [6, 6.07) is 10.3. The van der Waals surface area contributed by atoms with Crippen LogP contribution in [-0.4, -0.2) is 22.6 Å². The van der Waals surface area contributed by atoms with E-state index in [4.69, 9.17) is 5.73 Å². The van der Waals surface area contributed by atoms with Gasteiger partial charge in [-0.3, -0.25) is 4.98 Å². The van der Waals surface area contributed by atoms with Crippen molar-refractivity contribution in [1.29, 1.82) is 0 Å². The summed E-state index contributed by atoms with van der Waals surface area (Å²) in [5.41, 5.74) is 7.29. The zero-order valence-electron chi connectivity index (χ0n) is 9.58. The van der Waals surface area contributed by atoms with Crippen LogP contribution in [-0.2, 0) is 6.42 Å². The number of nitrogens with zero attached hydrogens (tertiary/aromatic N) is 2. The van der Waals surface area contributed by atoms with Crippen LogP contribution in [0.25, 0.3) is 0 Å². The van der Waals surface area contributed by atoms with E-state index in [9.17, 15) is 0 Å². The molecule has 1 aromatic heterocycles. The highest BCUT2D eigenvalue weighted by atomic mass is 15.0. The second kappa shape index (κ2) is 5.96. The maximum Gasteiger partial charge on any atom is 0.144 e. The average Bonchev–Trinajstić information content (AvgIpc) is 2.39. The molecular formula is C13H16N4. The van der Waals surface area contributed by atoms with Gasteiger partial charge >= 0.3 is 0 Å². The molecule has 1 atom stereocenters. The first-order valence-electron chi connectivity index (χ1n) is 5.64. The fourth-order valence-electron chi connectivity index (χ4n) is 1.62. The number of rotatable bonds is 5. The van der Waals surface area contributed by atoms with Crippen LogP contribution in [0.1, 0.15) is 5.56 Å². The summed E-state index contributed by atoms with van der Waals surface area (Å²) >= 11 is 0. The summed E-state index contributed by atoms with van der Waals surface area (Å²) in [7, 11) is 0. The van der Waals surface area contributed by atoms with Crippen LogP contribution in [0.3, 0.4) is 0 Å². The highest BCUT2D eigenvalue weighted by molar-refractivity contribution is 5.30. The molecule has 0 bridgehead atoms. The van der Waals surface area contributed by atoms with Crippen molar-refractivity contribution in [3.63, 3.8) is 0 Å². The minimum atomic E-state index is 0.0689. The van der Waals surface area contributed by atoms with Gasteiger partial charge in [0.25, 0.3) is 0 Å². The maximum absolute atomic E-state index is 6.04. The smallest absolute Gasteiger partial charge is 0.144 e. The average molecular weight is 228 g/mol. The summed E-state index contributed by atoms with van der Waals surface area (Å²) in [5.74, 6) is 0.760. The van der Waals surface area contributed by atoms with Crippen molar-refractivity contribution in [2.75, 3.05) is 11.9 Å². The molecule has 1 aromatic carbocycles. The summed E-state index contributed by atoms with van der Waals surface area (Å²) in [4.78, 5) is 8.11. The van der Waals surface area contributed by atoms with Crippen LogP contribution < -0.4 is 11.1 Å². The molecular weight excluding hydrogens is 212 g/mol. The molecule has 0 aliphatic carbocycles. The molecule has 2 aromatic rings. The van der Waals surface area contributed by atoms with E-state index < -0.39 is 0 Å². The van der Waals surface area contributed by atoms with Crippen LogP contribution in [0.2, 0.25) is 0 Å². The number of aromatic nitrogens is 2. The van der Waals surface area contributed by atoms with E-state index in [1.54, 1.807) is 18.6 Å². The molecule has 4 nitrogen and oxygen atoms in total. The van der Waals surface area contributed by atoms with Gasteiger partial charge in [0.1, 0.15) is 5.82 Å². The van der Waals surface area contributed by atoms with Crippen molar-refractivity contribution in [3.8, 4) is 0 Å². The summed E-state index contributed by atoms with van der Waals surface area (Å²) in [6.07, 6.45) is 5.85. The summed E-state index contributed by atoms with van der Waals surface area (Å²) < 4.78 is 0.